The Bertz CT molecular complexity index is 815. The number of carbonyl (C=O) groups excluding carboxylic acids is 1. The molecule has 0 unspecified atom stereocenters. The van der Waals surface area contributed by atoms with E-state index in [2.05, 4.69) is 25.1 Å². The fourth-order valence-corrected chi connectivity index (χ4v) is 2.57. The van der Waals surface area contributed by atoms with Gasteiger partial charge in [-0.05, 0) is 12.3 Å². The molecule has 0 fully saturated rings. The zero-order chi connectivity index (χ0) is 14.8. The van der Waals surface area contributed by atoms with Crippen LogP contribution in [-0.2, 0) is 0 Å². The molecule has 106 valence electrons. The molecule has 1 aromatic carbocycles. The Morgan fingerprint density at radius 1 is 1.29 bits per heavy atom. The lowest BCUT2D eigenvalue weighted by Crippen LogP contribution is -2.14. The van der Waals surface area contributed by atoms with Crippen LogP contribution in [0.15, 0.2) is 30.5 Å². The number of aromatic nitrogens is 3. The van der Waals surface area contributed by atoms with E-state index in [0.29, 0.717) is 22.3 Å². The number of benzene rings is 1. The van der Waals surface area contributed by atoms with Crippen molar-refractivity contribution in [2.75, 3.05) is 10.7 Å². The van der Waals surface area contributed by atoms with E-state index in [0.717, 1.165) is 22.3 Å². The lowest BCUT2D eigenvalue weighted by Gasteiger charge is -2.09. The molecule has 0 bridgehead atoms. The van der Waals surface area contributed by atoms with Gasteiger partial charge in [0, 0.05) is 23.1 Å². The molecule has 0 aliphatic heterocycles. The molecule has 0 radical (unpaired) electrons. The number of hydrogen-bond acceptors (Lipinski definition) is 7. The number of nitrogens with two attached hydrogens (primary N) is 1. The van der Waals surface area contributed by atoms with Crippen molar-refractivity contribution in [1.82, 2.24) is 14.3 Å². The first-order chi connectivity index (χ1) is 10.2. The van der Waals surface area contributed by atoms with Crippen molar-refractivity contribution in [2.45, 2.75) is 6.92 Å². The lowest BCUT2D eigenvalue weighted by molar-refractivity contribution is 0.102. The van der Waals surface area contributed by atoms with Crippen LogP contribution in [0, 0.1) is 6.92 Å². The first-order valence-corrected chi connectivity index (χ1v) is 6.92. The maximum atomic E-state index is 12.4. The van der Waals surface area contributed by atoms with Gasteiger partial charge in [0.2, 0.25) is 5.13 Å². The summed E-state index contributed by atoms with van der Waals surface area (Å²) in [6.45, 7) is 1.77. The summed E-state index contributed by atoms with van der Waals surface area (Å²) in [4.78, 5) is 20.6. The first kappa shape index (κ1) is 13.4. The fraction of sp³-hybridized carbons (Fsp3) is 0.0769. The molecule has 2 aromatic heterocycles. The van der Waals surface area contributed by atoms with Crippen molar-refractivity contribution in [3.63, 3.8) is 0 Å². The minimum absolute atomic E-state index is 0.279. The summed E-state index contributed by atoms with van der Waals surface area (Å²) in [7, 11) is 0. The summed E-state index contributed by atoms with van der Waals surface area (Å²) in [6, 6.07) is 7.41. The summed E-state index contributed by atoms with van der Waals surface area (Å²) >= 11 is 1.14. The second-order valence-electron chi connectivity index (χ2n) is 4.31. The number of hydrazine groups is 1. The third-order valence-electron chi connectivity index (χ3n) is 2.92. The fourth-order valence-electron chi connectivity index (χ4n) is 2.00. The van der Waals surface area contributed by atoms with Crippen molar-refractivity contribution in [1.29, 1.82) is 0 Å². The molecule has 0 aliphatic carbocycles. The van der Waals surface area contributed by atoms with Gasteiger partial charge in [-0.25, -0.2) is 15.8 Å². The van der Waals surface area contributed by atoms with Gasteiger partial charge in [0.25, 0.3) is 5.91 Å². The van der Waals surface area contributed by atoms with Crippen LogP contribution in [0.1, 0.15) is 16.2 Å². The first-order valence-electron chi connectivity index (χ1n) is 6.15. The molecular formula is C13H12N6OS. The smallest absolute Gasteiger partial charge is 0.259 e. The quantitative estimate of drug-likeness (QED) is 0.504. The van der Waals surface area contributed by atoms with Gasteiger partial charge in [-0.2, -0.15) is 4.37 Å². The van der Waals surface area contributed by atoms with Gasteiger partial charge in [0.05, 0.1) is 5.56 Å². The maximum absolute atomic E-state index is 12.4. The Kier molecular flexibility index (Phi) is 3.46. The standard InChI is InChI=1S/C13H12N6OS/c1-7-16-13(21-19-7)17-12(20)10-6-15-11(18-14)9-5-3-2-4-8(9)10/h2-6H,14H2,1H3,(H,15,18)(H,16,17,19,20). The van der Waals surface area contributed by atoms with E-state index in [1.54, 1.807) is 6.92 Å². The topological polar surface area (TPSA) is 106 Å². The number of nitrogen functional groups attached to an aromatic ring is 1. The Balaban J connectivity index is 2.02. The summed E-state index contributed by atoms with van der Waals surface area (Å²) in [5, 5.41) is 4.73. The predicted octanol–water partition coefficient (Wildman–Crippen LogP) is 1.93. The monoisotopic (exact) mass is 300 g/mol. The van der Waals surface area contributed by atoms with Crippen LogP contribution in [-0.4, -0.2) is 20.2 Å². The highest BCUT2D eigenvalue weighted by atomic mass is 32.1. The molecule has 0 saturated carbocycles. The highest BCUT2D eigenvalue weighted by Gasteiger charge is 2.14. The second kappa shape index (κ2) is 5.43. The Morgan fingerprint density at radius 2 is 2.05 bits per heavy atom. The molecule has 4 N–H and O–H groups in total. The minimum Gasteiger partial charge on any atom is -0.308 e. The van der Waals surface area contributed by atoms with Gasteiger partial charge >= 0.3 is 0 Å². The van der Waals surface area contributed by atoms with Crippen molar-refractivity contribution in [2.24, 2.45) is 5.84 Å². The average molecular weight is 300 g/mol. The van der Waals surface area contributed by atoms with Crippen molar-refractivity contribution >= 4 is 39.2 Å². The van der Waals surface area contributed by atoms with Gasteiger partial charge in [-0.1, -0.05) is 24.3 Å². The molecule has 0 saturated heterocycles. The number of pyridine rings is 1. The van der Waals surface area contributed by atoms with Crippen molar-refractivity contribution in [3.05, 3.63) is 41.9 Å². The average Bonchev–Trinajstić information content (AvgIpc) is 2.91. The van der Waals surface area contributed by atoms with Crippen molar-refractivity contribution in [3.8, 4) is 0 Å². The lowest BCUT2D eigenvalue weighted by atomic mass is 10.1. The largest absolute Gasteiger partial charge is 0.308 e. The molecule has 0 aliphatic rings. The number of aryl methyl sites for hydroxylation is 1. The molecule has 0 atom stereocenters. The molecule has 3 rings (SSSR count). The van der Waals surface area contributed by atoms with E-state index in [1.807, 2.05) is 24.3 Å². The van der Waals surface area contributed by atoms with E-state index in [-0.39, 0.29) is 5.91 Å². The molecule has 8 heteroatoms. The van der Waals surface area contributed by atoms with E-state index in [1.165, 1.54) is 6.20 Å². The normalized spacial score (nSPS) is 10.6. The van der Waals surface area contributed by atoms with Crippen molar-refractivity contribution < 1.29 is 4.79 Å². The predicted molar refractivity (Wildman–Crippen MR) is 82.2 cm³/mol. The number of rotatable bonds is 3. The zero-order valence-electron chi connectivity index (χ0n) is 11.1. The van der Waals surface area contributed by atoms with E-state index in [4.69, 9.17) is 5.84 Å². The van der Waals surface area contributed by atoms with Crippen LogP contribution in [0.25, 0.3) is 10.8 Å². The number of nitrogens with zero attached hydrogens (tertiary/aromatic N) is 3. The van der Waals surface area contributed by atoms with Gasteiger partial charge in [0.15, 0.2) is 0 Å². The Morgan fingerprint density at radius 3 is 2.71 bits per heavy atom. The third kappa shape index (κ3) is 2.54. The highest BCUT2D eigenvalue weighted by Crippen LogP contribution is 2.24. The number of anilines is 2. The van der Waals surface area contributed by atoms with Crippen LogP contribution in [0.4, 0.5) is 10.9 Å². The molecule has 3 aromatic rings. The van der Waals surface area contributed by atoms with Gasteiger partial charge < -0.3 is 5.43 Å². The summed E-state index contributed by atoms with van der Waals surface area (Å²) in [5.41, 5.74) is 2.98. The molecule has 2 heterocycles. The number of nitrogens with one attached hydrogen (secondary N) is 2. The zero-order valence-corrected chi connectivity index (χ0v) is 11.9. The van der Waals surface area contributed by atoms with E-state index < -0.39 is 0 Å². The SMILES string of the molecule is Cc1nsc(NC(=O)c2cnc(NN)c3ccccc23)n1. The van der Waals surface area contributed by atoms with Crippen LogP contribution in [0.2, 0.25) is 0 Å². The summed E-state index contributed by atoms with van der Waals surface area (Å²) < 4.78 is 4.03. The molecular weight excluding hydrogens is 288 g/mol. The Hall–Kier alpha value is -2.58. The molecule has 7 nitrogen and oxygen atoms in total. The molecule has 21 heavy (non-hydrogen) atoms. The van der Waals surface area contributed by atoms with Gasteiger partial charge in [0.1, 0.15) is 11.6 Å². The van der Waals surface area contributed by atoms with Gasteiger partial charge in [-0.15, -0.1) is 0 Å². The van der Waals surface area contributed by atoms with Crippen LogP contribution >= 0.6 is 11.5 Å². The molecule has 1 amide bonds. The molecule has 0 spiro atoms. The van der Waals surface area contributed by atoms with E-state index >= 15 is 0 Å². The third-order valence-corrected chi connectivity index (χ3v) is 3.65. The highest BCUT2D eigenvalue weighted by molar-refractivity contribution is 7.09. The van der Waals surface area contributed by atoms with Crippen LogP contribution in [0.5, 0.6) is 0 Å². The summed E-state index contributed by atoms with van der Waals surface area (Å²) in [6.07, 6.45) is 1.49. The summed E-state index contributed by atoms with van der Waals surface area (Å²) in [5.74, 6) is 6.31. The number of fused-ring (bicyclic) bond motifs is 1. The minimum atomic E-state index is -0.279. The maximum Gasteiger partial charge on any atom is 0.259 e. The van der Waals surface area contributed by atoms with Crippen LogP contribution < -0.4 is 16.6 Å². The Labute approximate surface area is 124 Å². The van der Waals surface area contributed by atoms with Gasteiger partial charge in [-0.3, -0.25) is 10.1 Å². The second-order valence-corrected chi connectivity index (χ2v) is 5.06. The van der Waals surface area contributed by atoms with E-state index in [9.17, 15) is 4.79 Å². The number of hydrogen-bond donors (Lipinski definition) is 3. The number of carbonyl (C=O) groups is 1. The van der Waals surface area contributed by atoms with Crippen LogP contribution in [0.3, 0.4) is 0 Å². The number of amides is 1.